The second-order valence-electron chi connectivity index (χ2n) is 6.23. The molecule has 0 saturated carbocycles. The molecular weight excluding hydrogens is 290 g/mol. The molecule has 20 heavy (non-hydrogen) atoms. The summed E-state index contributed by atoms with van der Waals surface area (Å²) in [6.07, 6.45) is 0. The summed E-state index contributed by atoms with van der Waals surface area (Å²) in [5, 5.41) is 18.1. The van der Waals surface area contributed by atoms with Gasteiger partial charge in [0.15, 0.2) is 5.01 Å². The van der Waals surface area contributed by atoms with Crippen molar-refractivity contribution in [1.29, 1.82) is 0 Å². The zero-order valence-corrected chi connectivity index (χ0v) is 14.2. The molecule has 0 aliphatic rings. The molecule has 7 heteroatoms. The van der Waals surface area contributed by atoms with E-state index < -0.39 is 0 Å². The minimum absolute atomic E-state index is 0.0238. The highest BCUT2D eigenvalue weighted by Crippen LogP contribution is 2.35. The maximum atomic E-state index is 4.29. The first-order chi connectivity index (χ1) is 9.38. The van der Waals surface area contributed by atoms with Crippen molar-refractivity contribution < 1.29 is 0 Å². The summed E-state index contributed by atoms with van der Waals surface area (Å²) in [6, 6.07) is 0. The lowest BCUT2D eigenvalue weighted by atomic mass is 9.91. The average molecular weight is 311 g/mol. The van der Waals surface area contributed by atoms with Crippen molar-refractivity contribution in [3.05, 3.63) is 10.7 Å². The summed E-state index contributed by atoms with van der Waals surface area (Å²) in [5.74, 6) is 0.639. The Morgan fingerprint density at radius 3 is 2.55 bits per heavy atom. The van der Waals surface area contributed by atoms with E-state index in [1.54, 1.807) is 11.3 Å². The van der Waals surface area contributed by atoms with Gasteiger partial charge in [0.1, 0.15) is 9.88 Å². The van der Waals surface area contributed by atoms with E-state index in [1.807, 2.05) is 0 Å². The van der Waals surface area contributed by atoms with E-state index >= 15 is 0 Å². The van der Waals surface area contributed by atoms with E-state index in [-0.39, 0.29) is 5.41 Å². The molecule has 0 spiro atoms. The van der Waals surface area contributed by atoms with Gasteiger partial charge in [-0.25, -0.2) is 0 Å². The van der Waals surface area contributed by atoms with Crippen molar-refractivity contribution in [3.8, 4) is 9.88 Å². The average Bonchev–Trinajstić information content (AvgIpc) is 2.94. The van der Waals surface area contributed by atoms with Gasteiger partial charge < -0.3 is 5.32 Å². The molecule has 0 fully saturated rings. The Labute approximate surface area is 128 Å². The number of hydrogen-bond donors (Lipinski definition) is 1. The third-order valence-electron chi connectivity index (χ3n) is 2.69. The molecular formula is C13H21N5S2. The zero-order chi connectivity index (χ0) is 14.8. The monoisotopic (exact) mass is 311 g/mol. The first-order valence-corrected chi connectivity index (χ1v) is 8.33. The van der Waals surface area contributed by atoms with Crippen molar-refractivity contribution >= 4 is 22.9 Å². The minimum Gasteiger partial charge on any atom is -0.310 e. The fourth-order valence-corrected chi connectivity index (χ4v) is 3.45. The maximum Gasteiger partial charge on any atom is 0.161 e. The van der Waals surface area contributed by atoms with Crippen LogP contribution in [0.2, 0.25) is 0 Å². The lowest BCUT2D eigenvalue weighted by Crippen LogP contribution is -2.18. The van der Waals surface area contributed by atoms with Gasteiger partial charge in [0.2, 0.25) is 0 Å². The Kier molecular flexibility index (Phi) is 4.82. The molecule has 2 aromatic rings. The van der Waals surface area contributed by atoms with Gasteiger partial charge in [-0.2, -0.15) is 0 Å². The van der Waals surface area contributed by atoms with Crippen LogP contribution < -0.4 is 5.32 Å². The summed E-state index contributed by atoms with van der Waals surface area (Å²) >= 11 is 3.02. The Bertz CT molecular complexity index is 553. The van der Waals surface area contributed by atoms with Gasteiger partial charge >= 0.3 is 0 Å². The summed E-state index contributed by atoms with van der Waals surface area (Å²) in [7, 11) is 0. The Morgan fingerprint density at radius 2 is 1.90 bits per heavy atom. The predicted molar refractivity (Wildman–Crippen MR) is 84.1 cm³/mol. The van der Waals surface area contributed by atoms with Crippen LogP contribution in [0.15, 0.2) is 0 Å². The zero-order valence-electron chi connectivity index (χ0n) is 12.6. The van der Waals surface area contributed by atoms with Crippen LogP contribution in [0.5, 0.6) is 0 Å². The SMILES string of the molecule is CC(C)CNCc1nnc(-c2snnc2C(C)(C)C)s1. The third kappa shape index (κ3) is 3.80. The Balaban J connectivity index is 2.11. The van der Waals surface area contributed by atoms with Crippen molar-refractivity contribution in [3.63, 3.8) is 0 Å². The van der Waals surface area contributed by atoms with Crippen molar-refractivity contribution in [2.24, 2.45) is 5.92 Å². The van der Waals surface area contributed by atoms with Crippen LogP contribution in [0.3, 0.4) is 0 Å². The number of nitrogens with zero attached hydrogens (tertiary/aromatic N) is 4. The Morgan fingerprint density at radius 1 is 1.15 bits per heavy atom. The molecule has 0 bridgehead atoms. The van der Waals surface area contributed by atoms with Gasteiger partial charge in [0.05, 0.1) is 5.69 Å². The van der Waals surface area contributed by atoms with Crippen LogP contribution in [-0.2, 0) is 12.0 Å². The topological polar surface area (TPSA) is 63.6 Å². The lowest BCUT2D eigenvalue weighted by Gasteiger charge is -2.15. The second-order valence-corrected chi connectivity index (χ2v) is 8.04. The molecule has 110 valence electrons. The van der Waals surface area contributed by atoms with Crippen molar-refractivity contribution in [2.45, 2.75) is 46.6 Å². The van der Waals surface area contributed by atoms with E-state index in [0.717, 1.165) is 33.7 Å². The third-order valence-corrected chi connectivity index (χ3v) is 4.49. The van der Waals surface area contributed by atoms with Crippen LogP contribution in [0, 0.1) is 5.92 Å². The smallest absolute Gasteiger partial charge is 0.161 e. The largest absolute Gasteiger partial charge is 0.310 e. The van der Waals surface area contributed by atoms with E-state index in [1.165, 1.54) is 11.5 Å². The summed E-state index contributed by atoms with van der Waals surface area (Å²) in [4.78, 5) is 1.05. The summed E-state index contributed by atoms with van der Waals surface area (Å²) < 4.78 is 4.07. The minimum atomic E-state index is -0.0238. The Hall–Kier alpha value is -0.920. The second kappa shape index (κ2) is 6.24. The lowest BCUT2D eigenvalue weighted by molar-refractivity contribution is 0.550. The molecule has 0 aromatic carbocycles. The molecule has 0 radical (unpaired) electrons. The molecule has 0 atom stereocenters. The van der Waals surface area contributed by atoms with Crippen LogP contribution in [0.1, 0.15) is 45.3 Å². The molecule has 0 aliphatic heterocycles. The van der Waals surface area contributed by atoms with Gasteiger partial charge in [-0.15, -0.1) is 15.3 Å². The fraction of sp³-hybridized carbons (Fsp3) is 0.692. The first-order valence-electron chi connectivity index (χ1n) is 6.74. The highest BCUT2D eigenvalue weighted by atomic mass is 32.1. The molecule has 0 saturated heterocycles. The quantitative estimate of drug-likeness (QED) is 0.919. The van der Waals surface area contributed by atoms with Crippen LogP contribution in [-0.4, -0.2) is 26.3 Å². The van der Waals surface area contributed by atoms with E-state index in [4.69, 9.17) is 0 Å². The maximum absolute atomic E-state index is 4.29. The van der Waals surface area contributed by atoms with Crippen LogP contribution in [0.4, 0.5) is 0 Å². The molecule has 1 N–H and O–H groups in total. The fourth-order valence-electron chi connectivity index (χ4n) is 1.71. The van der Waals surface area contributed by atoms with Gasteiger partial charge in [0.25, 0.3) is 0 Å². The first kappa shape index (κ1) is 15.5. The van der Waals surface area contributed by atoms with Crippen molar-refractivity contribution in [1.82, 2.24) is 25.1 Å². The molecule has 0 aliphatic carbocycles. The van der Waals surface area contributed by atoms with Gasteiger partial charge in [-0.1, -0.05) is 50.4 Å². The van der Waals surface area contributed by atoms with Crippen molar-refractivity contribution in [2.75, 3.05) is 6.54 Å². The van der Waals surface area contributed by atoms with E-state index in [2.05, 4.69) is 59.7 Å². The molecule has 2 aromatic heterocycles. The molecule has 0 unspecified atom stereocenters. The summed E-state index contributed by atoms with van der Waals surface area (Å²) in [6.45, 7) is 12.6. The van der Waals surface area contributed by atoms with Gasteiger partial charge in [-0.05, 0) is 24.0 Å². The highest BCUT2D eigenvalue weighted by molar-refractivity contribution is 7.19. The standard InChI is InChI=1S/C13H21N5S2/c1-8(2)6-14-7-9-15-17-12(19-9)10-11(13(3,4)5)16-18-20-10/h8,14H,6-7H2,1-5H3. The van der Waals surface area contributed by atoms with Gasteiger partial charge in [-0.3, -0.25) is 0 Å². The highest BCUT2D eigenvalue weighted by Gasteiger charge is 2.25. The van der Waals surface area contributed by atoms with E-state index in [0.29, 0.717) is 5.92 Å². The van der Waals surface area contributed by atoms with Gasteiger partial charge in [0, 0.05) is 12.0 Å². The van der Waals surface area contributed by atoms with Crippen LogP contribution >= 0.6 is 22.9 Å². The number of rotatable bonds is 5. The normalized spacial score (nSPS) is 12.3. The molecule has 0 amide bonds. The van der Waals surface area contributed by atoms with E-state index in [9.17, 15) is 0 Å². The summed E-state index contributed by atoms with van der Waals surface area (Å²) in [5.41, 5.74) is 0.977. The van der Waals surface area contributed by atoms with Crippen LogP contribution in [0.25, 0.3) is 9.88 Å². The molecule has 2 heterocycles. The molecule has 5 nitrogen and oxygen atoms in total. The number of hydrogen-bond acceptors (Lipinski definition) is 7. The number of aromatic nitrogens is 4. The predicted octanol–water partition coefficient (Wildman–Crippen LogP) is 3.10. The number of nitrogens with one attached hydrogen (secondary N) is 1. The molecule has 2 rings (SSSR count).